The highest BCUT2D eigenvalue weighted by Crippen LogP contribution is 2.27. The van der Waals surface area contributed by atoms with Crippen LogP contribution in [-0.4, -0.2) is 22.7 Å². The molecule has 4 nitrogen and oxygen atoms in total. The molecule has 0 spiro atoms. The Balaban J connectivity index is 2.55. The Labute approximate surface area is 116 Å². The van der Waals surface area contributed by atoms with Crippen LogP contribution < -0.4 is 4.74 Å². The largest absolute Gasteiger partial charge is 0.493 e. The van der Waals surface area contributed by atoms with Gasteiger partial charge >= 0.3 is 0 Å². The SMILES string of the molecule is CCn1ncc(OC)c1C(=O)c1cccc(C)c1Cl. The Bertz CT molecular complexity index is 598. The van der Waals surface area contributed by atoms with E-state index in [4.69, 9.17) is 16.3 Å². The van der Waals surface area contributed by atoms with Crippen molar-refractivity contribution in [3.05, 3.63) is 46.2 Å². The minimum atomic E-state index is -0.176. The number of ketones is 1. The third-order valence-corrected chi connectivity index (χ3v) is 3.48. The number of benzene rings is 1. The van der Waals surface area contributed by atoms with E-state index in [2.05, 4.69) is 5.10 Å². The zero-order chi connectivity index (χ0) is 14.0. The van der Waals surface area contributed by atoms with Crippen molar-refractivity contribution in [2.24, 2.45) is 0 Å². The van der Waals surface area contributed by atoms with E-state index in [0.717, 1.165) is 5.56 Å². The van der Waals surface area contributed by atoms with Crippen LogP contribution in [-0.2, 0) is 6.54 Å². The number of methoxy groups -OCH3 is 1. The molecule has 0 saturated heterocycles. The molecule has 0 saturated carbocycles. The second-order valence-electron chi connectivity index (χ2n) is 4.14. The number of rotatable bonds is 4. The van der Waals surface area contributed by atoms with Crippen LogP contribution in [0.1, 0.15) is 28.5 Å². The molecule has 0 aliphatic heterocycles. The molecule has 0 radical (unpaired) electrons. The normalized spacial score (nSPS) is 10.5. The number of aromatic nitrogens is 2. The molecular formula is C14H15ClN2O2. The van der Waals surface area contributed by atoms with Gasteiger partial charge in [-0.25, -0.2) is 0 Å². The molecule has 1 aromatic carbocycles. The van der Waals surface area contributed by atoms with Gasteiger partial charge in [-0.3, -0.25) is 9.48 Å². The number of nitrogens with zero attached hydrogens (tertiary/aromatic N) is 2. The molecule has 2 rings (SSSR count). The maximum absolute atomic E-state index is 12.6. The summed E-state index contributed by atoms with van der Waals surface area (Å²) < 4.78 is 6.80. The van der Waals surface area contributed by atoms with Crippen LogP contribution in [0.25, 0.3) is 0 Å². The summed E-state index contributed by atoms with van der Waals surface area (Å²) in [7, 11) is 1.52. The minimum absolute atomic E-state index is 0.176. The number of ether oxygens (including phenoxy) is 1. The first kappa shape index (κ1) is 13.6. The van der Waals surface area contributed by atoms with Crippen LogP contribution in [0.15, 0.2) is 24.4 Å². The monoisotopic (exact) mass is 278 g/mol. The first-order chi connectivity index (χ1) is 9.10. The summed E-state index contributed by atoms with van der Waals surface area (Å²) in [6, 6.07) is 5.39. The highest BCUT2D eigenvalue weighted by Gasteiger charge is 2.22. The van der Waals surface area contributed by atoms with Crippen LogP contribution in [0.5, 0.6) is 5.75 Å². The molecule has 0 amide bonds. The van der Waals surface area contributed by atoms with E-state index in [-0.39, 0.29) is 5.78 Å². The zero-order valence-electron chi connectivity index (χ0n) is 11.1. The lowest BCUT2D eigenvalue weighted by Crippen LogP contribution is -2.12. The molecule has 100 valence electrons. The second kappa shape index (κ2) is 5.45. The topological polar surface area (TPSA) is 44.1 Å². The first-order valence-electron chi connectivity index (χ1n) is 5.99. The van der Waals surface area contributed by atoms with Crippen LogP contribution in [0.3, 0.4) is 0 Å². The molecule has 0 aliphatic carbocycles. The van der Waals surface area contributed by atoms with Gasteiger partial charge in [0.2, 0.25) is 5.78 Å². The summed E-state index contributed by atoms with van der Waals surface area (Å²) in [5, 5.41) is 4.60. The number of hydrogen-bond acceptors (Lipinski definition) is 3. The van der Waals surface area contributed by atoms with Gasteiger partial charge in [0.15, 0.2) is 11.4 Å². The highest BCUT2D eigenvalue weighted by atomic mass is 35.5. The van der Waals surface area contributed by atoms with Crippen molar-refractivity contribution in [1.29, 1.82) is 0 Å². The van der Waals surface area contributed by atoms with Crippen molar-refractivity contribution in [2.75, 3.05) is 7.11 Å². The van der Waals surface area contributed by atoms with Crippen molar-refractivity contribution in [3.63, 3.8) is 0 Å². The molecular weight excluding hydrogens is 264 g/mol. The summed E-state index contributed by atoms with van der Waals surface area (Å²) >= 11 is 6.20. The van der Waals surface area contributed by atoms with Gasteiger partial charge in [0, 0.05) is 12.1 Å². The summed E-state index contributed by atoms with van der Waals surface area (Å²) in [5.74, 6) is 0.286. The minimum Gasteiger partial charge on any atom is -0.493 e. The van der Waals surface area contributed by atoms with E-state index in [0.29, 0.717) is 28.6 Å². The van der Waals surface area contributed by atoms with E-state index in [1.54, 1.807) is 16.9 Å². The van der Waals surface area contributed by atoms with E-state index < -0.39 is 0 Å². The van der Waals surface area contributed by atoms with Crippen molar-refractivity contribution in [3.8, 4) is 5.75 Å². The third-order valence-electron chi connectivity index (χ3n) is 2.98. The van der Waals surface area contributed by atoms with Crippen molar-refractivity contribution in [2.45, 2.75) is 20.4 Å². The number of aryl methyl sites for hydroxylation is 2. The Hall–Kier alpha value is -1.81. The Morgan fingerprint density at radius 1 is 1.47 bits per heavy atom. The molecule has 5 heteroatoms. The maximum atomic E-state index is 12.6. The van der Waals surface area contributed by atoms with Crippen LogP contribution in [0, 0.1) is 6.92 Å². The maximum Gasteiger partial charge on any atom is 0.216 e. The van der Waals surface area contributed by atoms with Gasteiger partial charge in [-0.15, -0.1) is 0 Å². The fourth-order valence-corrected chi connectivity index (χ4v) is 2.15. The highest BCUT2D eigenvalue weighted by molar-refractivity contribution is 6.35. The van der Waals surface area contributed by atoms with E-state index in [9.17, 15) is 4.79 Å². The van der Waals surface area contributed by atoms with E-state index in [1.807, 2.05) is 26.0 Å². The van der Waals surface area contributed by atoms with Gasteiger partial charge in [-0.1, -0.05) is 23.7 Å². The predicted molar refractivity (Wildman–Crippen MR) is 74.1 cm³/mol. The molecule has 0 atom stereocenters. The fourth-order valence-electron chi connectivity index (χ4n) is 1.94. The van der Waals surface area contributed by atoms with Crippen LogP contribution in [0.4, 0.5) is 0 Å². The third kappa shape index (κ3) is 2.36. The summed E-state index contributed by atoms with van der Waals surface area (Å²) in [6.45, 7) is 4.38. The van der Waals surface area contributed by atoms with E-state index >= 15 is 0 Å². The molecule has 0 fully saturated rings. The second-order valence-corrected chi connectivity index (χ2v) is 4.52. The molecule has 19 heavy (non-hydrogen) atoms. The van der Waals surface area contributed by atoms with Gasteiger partial charge in [0.05, 0.1) is 18.3 Å². The number of carbonyl (C=O) groups is 1. The Morgan fingerprint density at radius 3 is 2.84 bits per heavy atom. The summed E-state index contributed by atoms with van der Waals surface area (Å²) in [6.07, 6.45) is 1.54. The fraction of sp³-hybridized carbons (Fsp3) is 0.286. The van der Waals surface area contributed by atoms with Gasteiger partial charge in [0.1, 0.15) is 0 Å². The lowest BCUT2D eigenvalue weighted by molar-refractivity contribution is 0.102. The van der Waals surface area contributed by atoms with Crippen molar-refractivity contribution >= 4 is 17.4 Å². The number of halogens is 1. The van der Waals surface area contributed by atoms with Gasteiger partial charge in [-0.2, -0.15) is 5.10 Å². The first-order valence-corrected chi connectivity index (χ1v) is 6.37. The molecule has 0 unspecified atom stereocenters. The van der Waals surface area contributed by atoms with Crippen molar-refractivity contribution in [1.82, 2.24) is 9.78 Å². The molecule has 0 bridgehead atoms. The molecule has 0 aliphatic rings. The lowest BCUT2D eigenvalue weighted by atomic mass is 10.0. The average molecular weight is 279 g/mol. The van der Waals surface area contributed by atoms with E-state index in [1.165, 1.54) is 7.11 Å². The van der Waals surface area contributed by atoms with Gasteiger partial charge < -0.3 is 4.74 Å². The summed E-state index contributed by atoms with van der Waals surface area (Å²) in [4.78, 5) is 12.6. The lowest BCUT2D eigenvalue weighted by Gasteiger charge is -2.09. The molecule has 2 aromatic rings. The average Bonchev–Trinajstić information content (AvgIpc) is 2.84. The zero-order valence-corrected chi connectivity index (χ0v) is 11.9. The molecule has 1 heterocycles. The summed E-state index contributed by atoms with van der Waals surface area (Å²) in [5.41, 5.74) is 1.77. The van der Waals surface area contributed by atoms with Crippen molar-refractivity contribution < 1.29 is 9.53 Å². The van der Waals surface area contributed by atoms with Gasteiger partial charge in [0.25, 0.3) is 0 Å². The number of carbonyl (C=O) groups excluding carboxylic acids is 1. The molecule has 0 N–H and O–H groups in total. The molecule has 1 aromatic heterocycles. The smallest absolute Gasteiger partial charge is 0.216 e. The Morgan fingerprint density at radius 2 is 2.21 bits per heavy atom. The predicted octanol–water partition coefficient (Wildman–Crippen LogP) is 3.10. The Kier molecular flexibility index (Phi) is 3.90. The number of hydrogen-bond donors (Lipinski definition) is 0. The van der Waals surface area contributed by atoms with Crippen LogP contribution >= 0.6 is 11.6 Å². The van der Waals surface area contributed by atoms with Gasteiger partial charge in [-0.05, 0) is 25.5 Å². The van der Waals surface area contributed by atoms with Crippen LogP contribution in [0.2, 0.25) is 5.02 Å². The standard InChI is InChI=1S/C14H15ClN2O2/c1-4-17-13(11(19-3)8-16-17)14(18)10-7-5-6-9(2)12(10)15/h5-8H,4H2,1-3H3. The quantitative estimate of drug-likeness (QED) is 0.807.